The fourth-order valence-corrected chi connectivity index (χ4v) is 5.40. The molecule has 3 heterocycles. The predicted octanol–water partition coefficient (Wildman–Crippen LogP) is 5.64. The summed E-state index contributed by atoms with van der Waals surface area (Å²) in [5.74, 6) is 0.852. The molecule has 8 nitrogen and oxygen atoms in total. The van der Waals surface area contributed by atoms with Crippen LogP contribution in [0.5, 0.6) is 11.5 Å². The Labute approximate surface area is 240 Å². The Bertz CT molecular complexity index is 1570. The van der Waals surface area contributed by atoms with Crippen LogP contribution in [0.1, 0.15) is 35.8 Å². The standard InChI is InChI=1S/C30H29ClN2O6S/c1-2-3-10-32(28(34)14-23-5-4-11-40-23)17-29(35)33(15-20-6-8-26-27(12-20)39-19-38-26)16-21-18-37-25-9-7-22(31)13-24(25)30(21)36/h4-9,11-13,18H,2-3,10,14-17,19H2,1H3. The molecule has 0 fully saturated rings. The van der Waals surface area contributed by atoms with E-state index >= 15 is 0 Å². The summed E-state index contributed by atoms with van der Waals surface area (Å²) in [5, 5.41) is 2.69. The highest BCUT2D eigenvalue weighted by Crippen LogP contribution is 2.33. The van der Waals surface area contributed by atoms with Gasteiger partial charge < -0.3 is 23.7 Å². The highest BCUT2D eigenvalue weighted by Gasteiger charge is 2.24. The van der Waals surface area contributed by atoms with E-state index in [4.69, 9.17) is 25.5 Å². The average molecular weight is 581 g/mol. The maximum absolute atomic E-state index is 13.8. The molecule has 0 bridgehead atoms. The molecule has 10 heteroatoms. The summed E-state index contributed by atoms with van der Waals surface area (Å²) in [6, 6.07) is 14.2. The van der Waals surface area contributed by atoms with Gasteiger partial charge in [0.05, 0.1) is 36.7 Å². The van der Waals surface area contributed by atoms with E-state index < -0.39 is 0 Å². The number of carbonyl (C=O) groups excluding carboxylic acids is 2. The van der Waals surface area contributed by atoms with Crippen LogP contribution in [-0.4, -0.2) is 41.5 Å². The largest absolute Gasteiger partial charge is 0.464 e. The zero-order chi connectivity index (χ0) is 28.1. The van der Waals surface area contributed by atoms with Gasteiger partial charge in [-0.05, 0) is 53.8 Å². The van der Waals surface area contributed by atoms with Crippen molar-refractivity contribution < 1.29 is 23.5 Å². The van der Waals surface area contributed by atoms with Crippen molar-refractivity contribution in [2.24, 2.45) is 0 Å². The molecule has 40 heavy (non-hydrogen) atoms. The molecule has 0 atom stereocenters. The summed E-state index contributed by atoms with van der Waals surface area (Å²) in [7, 11) is 0. The van der Waals surface area contributed by atoms with E-state index in [0.717, 1.165) is 23.3 Å². The van der Waals surface area contributed by atoms with Crippen LogP contribution < -0.4 is 14.9 Å². The first kappa shape index (κ1) is 27.7. The Kier molecular flexibility index (Phi) is 8.72. The van der Waals surface area contributed by atoms with Gasteiger partial charge in [0, 0.05) is 23.0 Å². The van der Waals surface area contributed by atoms with Crippen LogP contribution in [0.15, 0.2) is 69.4 Å². The van der Waals surface area contributed by atoms with Crippen LogP contribution in [0.25, 0.3) is 11.0 Å². The van der Waals surface area contributed by atoms with Gasteiger partial charge in [0.2, 0.25) is 18.6 Å². The molecular weight excluding hydrogens is 552 g/mol. The first-order chi connectivity index (χ1) is 19.4. The molecule has 2 aromatic carbocycles. The maximum Gasteiger partial charge on any atom is 0.242 e. The predicted molar refractivity (Wildman–Crippen MR) is 154 cm³/mol. The molecule has 2 aromatic heterocycles. The van der Waals surface area contributed by atoms with Crippen LogP contribution in [0, 0.1) is 0 Å². The van der Waals surface area contributed by atoms with Gasteiger partial charge in [-0.1, -0.05) is 37.1 Å². The zero-order valence-electron chi connectivity index (χ0n) is 22.1. The number of unbranched alkanes of at least 4 members (excludes halogenated alkanes) is 1. The normalized spacial score (nSPS) is 12.1. The summed E-state index contributed by atoms with van der Waals surface area (Å²) in [5.41, 5.74) is 1.27. The number of nitrogens with zero attached hydrogens (tertiary/aromatic N) is 2. The molecule has 208 valence electrons. The highest BCUT2D eigenvalue weighted by molar-refractivity contribution is 7.10. The maximum atomic E-state index is 13.8. The fraction of sp³-hybridized carbons (Fsp3) is 0.300. The lowest BCUT2D eigenvalue weighted by molar-refractivity contribution is -0.141. The van der Waals surface area contributed by atoms with Crippen molar-refractivity contribution in [2.75, 3.05) is 19.9 Å². The van der Waals surface area contributed by atoms with E-state index in [1.165, 1.54) is 17.6 Å². The van der Waals surface area contributed by atoms with Gasteiger partial charge in [-0.2, -0.15) is 0 Å². The average Bonchev–Trinajstić information content (AvgIpc) is 3.64. The lowest BCUT2D eigenvalue weighted by Crippen LogP contribution is -2.43. The van der Waals surface area contributed by atoms with Crippen LogP contribution in [0.4, 0.5) is 0 Å². The van der Waals surface area contributed by atoms with E-state index in [0.29, 0.717) is 39.6 Å². The number of hydrogen-bond acceptors (Lipinski definition) is 7. The number of amides is 2. The molecule has 0 spiro atoms. The molecule has 0 N–H and O–H groups in total. The number of ether oxygens (including phenoxy) is 2. The van der Waals surface area contributed by atoms with Crippen molar-refractivity contribution in [3.8, 4) is 11.5 Å². The number of halogens is 1. The topological polar surface area (TPSA) is 89.3 Å². The second-order valence-corrected chi connectivity index (χ2v) is 11.1. The third kappa shape index (κ3) is 6.48. The second-order valence-electron chi connectivity index (χ2n) is 9.59. The van der Waals surface area contributed by atoms with Crippen LogP contribution in [0.2, 0.25) is 5.02 Å². The van der Waals surface area contributed by atoms with Crippen molar-refractivity contribution >= 4 is 45.7 Å². The molecule has 0 saturated carbocycles. The molecule has 0 radical (unpaired) electrons. The van der Waals surface area contributed by atoms with Gasteiger partial charge in [0.25, 0.3) is 0 Å². The lowest BCUT2D eigenvalue weighted by atomic mass is 10.1. The Morgan fingerprint density at radius 2 is 1.85 bits per heavy atom. The summed E-state index contributed by atoms with van der Waals surface area (Å²) in [6.07, 6.45) is 3.29. The molecule has 1 aliphatic rings. The van der Waals surface area contributed by atoms with E-state index in [1.54, 1.807) is 34.1 Å². The molecule has 5 rings (SSSR count). The summed E-state index contributed by atoms with van der Waals surface area (Å²) >= 11 is 7.64. The smallest absolute Gasteiger partial charge is 0.242 e. The van der Waals surface area contributed by atoms with Gasteiger partial charge in [-0.3, -0.25) is 14.4 Å². The van der Waals surface area contributed by atoms with Crippen molar-refractivity contribution in [3.05, 3.63) is 91.4 Å². The quantitative estimate of drug-likeness (QED) is 0.228. The summed E-state index contributed by atoms with van der Waals surface area (Å²) in [6.45, 7) is 2.75. The lowest BCUT2D eigenvalue weighted by Gasteiger charge is -2.28. The fourth-order valence-electron chi connectivity index (χ4n) is 4.53. The van der Waals surface area contributed by atoms with Crippen LogP contribution in [-0.2, 0) is 29.1 Å². The Balaban J connectivity index is 1.42. The van der Waals surface area contributed by atoms with E-state index in [9.17, 15) is 14.4 Å². The first-order valence-corrected chi connectivity index (χ1v) is 14.3. The Morgan fingerprint density at radius 3 is 2.65 bits per heavy atom. The molecule has 1 aliphatic heterocycles. The monoisotopic (exact) mass is 580 g/mol. The van der Waals surface area contributed by atoms with Gasteiger partial charge in [0.15, 0.2) is 16.9 Å². The SMILES string of the molecule is CCCCN(CC(=O)N(Cc1ccc2c(c1)OCO2)Cc1coc2ccc(Cl)cc2c1=O)C(=O)Cc1cccs1. The zero-order valence-corrected chi connectivity index (χ0v) is 23.6. The first-order valence-electron chi connectivity index (χ1n) is 13.1. The van der Waals surface area contributed by atoms with Crippen molar-refractivity contribution in [1.82, 2.24) is 9.80 Å². The molecule has 0 aliphatic carbocycles. The van der Waals surface area contributed by atoms with Gasteiger partial charge in [-0.25, -0.2) is 0 Å². The number of carbonyl (C=O) groups is 2. The van der Waals surface area contributed by atoms with Crippen molar-refractivity contribution in [2.45, 2.75) is 39.3 Å². The van der Waals surface area contributed by atoms with Gasteiger partial charge >= 0.3 is 0 Å². The van der Waals surface area contributed by atoms with Crippen LogP contribution in [0.3, 0.4) is 0 Å². The van der Waals surface area contributed by atoms with E-state index in [2.05, 4.69) is 0 Å². The van der Waals surface area contributed by atoms with E-state index in [-0.39, 0.29) is 50.1 Å². The second kappa shape index (κ2) is 12.6. The molecule has 0 saturated heterocycles. The summed E-state index contributed by atoms with van der Waals surface area (Å²) in [4.78, 5) is 44.5. The van der Waals surface area contributed by atoms with E-state index in [1.807, 2.05) is 36.6 Å². The Hall–Kier alpha value is -3.82. The number of rotatable bonds is 11. The Morgan fingerprint density at radius 1 is 1.00 bits per heavy atom. The molecule has 2 amide bonds. The van der Waals surface area contributed by atoms with Crippen LogP contribution >= 0.6 is 22.9 Å². The number of benzene rings is 2. The number of hydrogen-bond donors (Lipinski definition) is 0. The van der Waals surface area contributed by atoms with Gasteiger partial charge in [0.1, 0.15) is 5.58 Å². The highest BCUT2D eigenvalue weighted by atomic mass is 35.5. The molecular formula is C30H29ClN2O6S. The number of fused-ring (bicyclic) bond motifs is 2. The summed E-state index contributed by atoms with van der Waals surface area (Å²) < 4.78 is 16.6. The number of thiophene rings is 1. The minimum Gasteiger partial charge on any atom is -0.464 e. The molecule has 0 unspecified atom stereocenters. The molecule has 4 aromatic rings. The van der Waals surface area contributed by atoms with Gasteiger partial charge in [-0.15, -0.1) is 11.3 Å². The minimum absolute atomic E-state index is 0.00120. The third-order valence-corrected chi connectivity index (χ3v) is 7.81. The third-order valence-electron chi connectivity index (χ3n) is 6.70. The van der Waals surface area contributed by atoms with Crippen molar-refractivity contribution in [1.29, 1.82) is 0 Å². The van der Waals surface area contributed by atoms with Crippen molar-refractivity contribution in [3.63, 3.8) is 0 Å². The minimum atomic E-state index is -0.279.